The quantitative estimate of drug-likeness (QED) is 0.186. The molecule has 0 aliphatic heterocycles. The van der Waals surface area contributed by atoms with E-state index in [1.807, 2.05) is 36.4 Å². The van der Waals surface area contributed by atoms with E-state index in [2.05, 4.69) is 140 Å². The van der Waals surface area contributed by atoms with Gasteiger partial charge in [0, 0.05) is 32.8 Å². The van der Waals surface area contributed by atoms with Crippen LogP contribution in [0.4, 0.5) is 0 Å². The van der Waals surface area contributed by atoms with E-state index in [0.29, 0.717) is 17.5 Å². The molecule has 2 aromatic heterocycles. The molecule has 0 spiro atoms. The van der Waals surface area contributed by atoms with Crippen LogP contribution in [0.25, 0.3) is 99.9 Å². The standard InChI is InChI=1S/C47H29N3O/c1-3-12-32(13-4-1)41-28-38(29-42-43(41)40-26-25-33-14-9-10-18-39(33)44(40)51-42)47-49-45(34-15-5-2-6-16-34)48-46(50-47)35-22-19-31(20-23-35)37-24-21-30-11-7-8-17-36(30)27-37/h1-29H. The maximum absolute atomic E-state index is 6.73. The van der Waals surface area contributed by atoms with Crippen LogP contribution in [0, 0.1) is 0 Å². The fourth-order valence-electron chi connectivity index (χ4n) is 7.14. The number of aromatic nitrogens is 3. The molecular formula is C47H29N3O. The van der Waals surface area contributed by atoms with Gasteiger partial charge in [0.1, 0.15) is 11.2 Å². The van der Waals surface area contributed by atoms with Crippen LogP contribution < -0.4 is 0 Å². The van der Waals surface area contributed by atoms with Gasteiger partial charge in [-0.1, -0.05) is 152 Å². The molecule has 0 amide bonds. The van der Waals surface area contributed by atoms with E-state index in [9.17, 15) is 0 Å². The number of furan rings is 1. The summed E-state index contributed by atoms with van der Waals surface area (Å²) in [5.74, 6) is 1.81. The van der Waals surface area contributed by atoms with Crippen LogP contribution in [-0.2, 0) is 0 Å². The highest BCUT2D eigenvalue weighted by Gasteiger charge is 2.19. The van der Waals surface area contributed by atoms with Crippen LogP contribution in [0.3, 0.4) is 0 Å². The first kappa shape index (κ1) is 29.0. The van der Waals surface area contributed by atoms with E-state index in [1.165, 1.54) is 16.3 Å². The summed E-state index contributed by atoms with van der Waals surface area (Å²) >= 11 is 0. The summed E-state index contributed by atoms with van der Waals surface area (Å²) in [6, 6.07) is 61.1. The molecule has 238 valence electrons. The van der Waals surface area contributed by atoms with Crippen LogP contribution in [0.5, 0.6) is 0 Å². The third-order valence-corrected chi connectivity index (χ3v) is 9.70. The van der Waals surface area contributed by atoms with Crippen molar-refractivity contribution in [2.75, 3.05) is 0 Å². The highest BCUT2D eigenvalue weighted by molar-refractivity contribution is 6.19. The Labute approximate surface area is 294 Å². The highest BCUT2D eigenvalue weighted by Crippen LogP contribution is 2.42. The maximum Gasteiger partial charge on any atom is 0.164 e. The number of nitrogens with zero attached hydrogens (tertiary/aromatic N) is 3. The summed E-state index contributed by atoms with van der Waals surface area (Å²) in [6.45, 7) is 0. The van der Waals surface area contributed by atoms with E-state index in [0.717, 1.165) is 66.1 Å². The first-order valence-corrected chi connectivity index (χ1v) is 17.1. The smallest absolute Gasteiger partial charge is 0.164 e. The van der Waals surface area contributed by atoms with Crippen molar-refractivity contribution in [3.05, 3.63) is 176 Å². The van der Waals surface area contributed by atoms with Gasteiger partial charge in [-0.3, -0.25) is 0 Å². The summed E-state index contributed by atoms with van der Waals surface area (Å²) in [5.41, 5.74) is 8.85. The SMILES string of the molecule is c1ccc(-c2nc(-c3ccc(-c4ccc5ccccc5c4)cc3)nc(-c3cc(-c4ccccc4)c4c(c3)oc3c5ccccc5ccc34)n2)cc1. The van der Waals surface area contributed by atoms with E-state index in [4.69, 9.17) is 19.4 Å². The lowest BCUT2D eigenvalue weighted by atomic mass is 9.96. The minimum Gasteiger partial charge on any atom is -0.455 e. The van der Waals surface area contributed by atoms with Crippen molar-refractivity contribution < 1.29 is 4.42 Å². The largest absolute Gasteiger partial charge is 0.455 e. The molecule has 10 aromatic rings. The van der Waals surface area contributed by atoms with Gasteiger partial charge >= 0.3 is 0 Å². The van der Waals surface area contributed by atoms with Crippen molar-refractivity contribution in [2.24, 2.45) is 0 Å². The Hall–Kier alpha value is -6.91. The molecule has 0 aliphatic carbocycles. The van der Waals surface area contributed by atoms with E-state index in [1.54, 1.807) is 0 Å². The molecule has 0 radical (unpaired) electrons. The molecule has 4 nitrogen and oxygen atoms in total. The third-order valence-electron chi connectivity index (χ3n) is 9.70. The van der Waals surface area contributed by atoms with Gasteiger partial charge in [-0.25, -0.2) is 15.0 Å². The van der Waals surface area contributed by atoms with Gasteiger partial charge in [-0.15, -0.1) is 0 Å². The monoisotopic (exact) mass is 651 g/mol. The lowest BCUT2D eigenvalue weighted by molar-refractivity contribution is 0.673. The Balaban J connectivity index is 1.16. The minimum atomic E-state index is 0.585. The second kappa shape index (κ2) is 11.9. The van der Waals surface area contributed by atoms with Crippen molar-refractivity contribution >= 4 is 43.5 Å². The third kappa shape index (κ3) is 5.13. The maximum atomic E-state index is 6.73. The number of hydrogen-bond acceptors (Lipinski definition) is 4. The second-order valence-corrected chi connectivity index (χ2v) is 12.8. The zero-order valence-corrected chi connectivity index (χ0v) is 27.5. The lowest BCUT2D eigenvalue weighted by Crippen LogP contribution is -2.00. The van der Waals surface area contributed by atoms with Crippen LogP contribution in [0.2, 0.25) is 0 Å². The van der Waals surface area contributed by atoms with Crippen molar-refractivity contribution in [1.82, 2.24) is 15.0 Å². The Morgan fingerprint density at radius 1 is 0.333 bits per heavy atom. The van der Waals surface area contributed by atoms with Gasteiger partial charge in [-0.05, 0) is 62.7 Å². The zero-order chi connectivity index (χ0) is 33.7. The number of benzene rings is 8. The fourth-order valence-corrected chi connectivity index (χ4v) is 7.14. The molecule has 0 bridgehead atoms. The zero-order valence-electron chi connectivity index (χ0n) is 27.5. The predicted molar refractivity (Wildman–Crippen MR) is 209 cm³/mol. The molecule has 0 fully saturated rings. The topological polar surface area (TPSA) is 51.8 Å². The van der Waals surface area contributed by atoms with Crippen LogP contribution in [0.15, 0.2) is 180 Å². The van der Waals surface area contributed by atoms with E-state index < -0.39 is 0 Å². The molecular weight excluding hydrogens is 623 g/mol. The fraction of sp³-hybridized carbons (Fsp3) is 0. The van der Waals surface area contributed by atoms with E-state index >= 15 is 0 Å². The predicted octanol–water partition coefficient (Wildman–Crippen LogP) is 12.4. The number of hydrogen-bond donors (Lipinski definition) is 0. The molecule has 51 heavy (non-hydrogen) atoms. The molecule has 0 aliphatic rings. The van der Waals surface area contributed by atoms with Crippen molar-refractivity contribution in [1.29, 1.82) is 0 Å². The Kier molecular flexibility index (Phi) is 6.78. The highest BCUT2D eigenvalue weighted by atomic mass is 16.3. The Morgan fingerprint density at radius 3 is 1.63 bits per heavy atom. The van der Waals surface area contributed by atoms with Crippen LogP contribution in [-0.4, -0.2) is 15.0 Å². The second-order valence-electron chi connectivity index (χ2n) is 12.8. The van der Waals surface area contributed by atoms with Gasteiger partial charge in [-0.2, -0.15) is 0 Å². The van der Waals surface area contributed by atoms with Crippen molar-refractivity contribution in [3.63, 3.8) is 0 Å². The van der Waals surface area contributed by atoms with Gasteiger partial charge in [0.15, 0.2) is 17.5 Å². The Morgan fingerprint density at radius 2 is 0.882 bits per heavy atom. The van der Waals surface area contributed by atoms with Crippen molar-refractivity contribution in [3.8, 4) is 56.4 Å². The molecule has 0 atom stereocenters. The molecule has 4 heteroatoms. The van der Waals surface area contributed by atoms with Crippen molar-refractivity contribution in [2.45, 2.75) is 0 Å². The first-order chi connectivity index (χ1) is 25.2. The summed E-state index contributed by atoms with van der Waals surface area (Å²) in [4.78, 5) is 15.2. The summed E-state index contributed by atoms with van der Waals surface area (Å²) in [7, 11) is 0. The molecule has 10 rings (SSSR count). The summed E-state index contributed by atoms with van der Waals surface area (Å²) < 4.78 is 6.73. The molecule has 0 unspecified atom stereocenters. The molecule has 0 N–H and O–H groups in total. The summed E-state index contributed by atoms with van der Waals surface area (Å²) in [6.07, 6.45) is 0. The molecule has 0 saturated carbocycles. The number of fused-ring (bicyclic) bond motifs is 6. The molecule has 0 saturated heterocycles. The van der Waals surface area contributed by atoms with Gasteiger partial charge in [0.05, 0.1) is 0 Å². The lowest BCUT2D eigenvalue weighted by Gasteiger charge is -2.11. The molecule has 8 aromatic carbocycles. The normalized spacial score (nSPS) is 11.5. The average Bonchev–Trinajstić information content (AvgIpc) is 3.60. The average molecular weight is 652 g/mol. The Bertz CT molecular complexity index is 2900. The number of rotatable bonds is 5. The van der Waals surface area contributed by atoms with Crippen LogP contribution >= 0.6 is 0 Å². The van der Waals surface area contributed by atoms with E-state index in [-0.39, 0.29) is 0 Å². The minimum absolute atomic E-state index is 0.585. The van der Waals surface area contributed by atoms with Gasteiger partial charge in [0.25, 0.3) is 0 Å². The van der Waals surface area contributed by atoms with Crippen LogP contribution in [0.1, 0.15) is 0 Å². The van der Waals surface area contributed by atoms with Gasteiger partial charge in [0.2, 0.25) is 0 Å². The first-order valence-electron chi connectivity index (χ1n) is 17.1. The molecule has 2 heterocycles. The van der Waals surface area contributed by atoms with Gasteiger partial charge < -0.3 is 4.42 Å². The summed E-state index contributed by atoms with van der Waals surface area (Å²) in [5, 5.41) is 6.85.